The van der Waals surface area contributed by atoms with E-state index in [2.05, 4.69) is 10.3 Å². The first-order chi connectivity index (χ1) is 10.3. The van der Waals surface area contributed by atoms with E-state index in [4.69, 9.17) is 0 Å². The van der Waals surface area contributed by atoms with E-state index in [1.165, 1.54) is 22.9 Å². The number of carbonyl (C=O) groups is 1. The number of amides is 1. The summed E-state index contributed by atoms with van der Waals surface area (Å²) in [7, 11) is -3.36. The lowest BCUT2D eigenvalue weighted by atomic mass is 10.3. The zero-order valence-electron chi connectivity index (χ0n) is 12.1. The van der Waals surface area contributed by atoms with Crippen molar-refractivity contribution in [3.63, 3.8) is 0 Å². The lowest BCUT2D eigenvalue weighted by Crippen LogP contribution is -2.20. The molecule has 0 aliphatic heterocycles. The van der Waals surface area contributed by atoms with Crippen molar-refractivity contribution in [1.82, 2.24) is 9.55 Å². The standard InChI is InChI=1S/C13H15N3O4S2/c1-9-8-21-13(18)16(9)6-5-11(17)15-10-3-4-12(14-7-10)22(2,19)20/h3-4,7-8H,5-6H2,1-2H3,(H,15,17). The maximum atomic E-state index is 11.8. The van der Waals surface area contributed by atoms with Crippen molar-refractivity contribution in [1.29, 1.82) is 0 Å². The van der Waals surface area contributed by atoms with Gasteiger partial charge in [0.25, 0.3) is 0 Å². The molecule has 118 valence electrons. The molecule has 2 aromatic rings. The second-order valence-corrected chi connectivity index (χ2v) is 7.53. The van der Waals surface area contributed by atoms with Crippen molar-refractivity contribution in [2.45, 2.75) is 24.9 Å². The third-order valence-corrected chi connectivity index (χ3v) is 4.82. The van der Waals surface area contributed by atoms with Crippen LogP contribution in [0.2, 0.25) is 0 Å². The van der Waals surface area contributed by atoms with Crippen molar-refractivity contribution in [2.75, 3.05) is 11.6 Å². The number of hydrogen-bond acceptors (Lipinski definition) is 6. The van der Waals surface area contributed by atoms with Crippen LogP contribution in [0.4, 0.5) is 5.69 Å². The van der Waals surface area contributed by atoms with Crippen LogP contribution in [0.5, 0.6) is 0 Å². The molecule has 2 rings (SSSR count). The number of hydrogen-bond donors (Lipinski definition) is 1. The Balaban J connectivity index is 1.96. The summed E-state index contributed by atoms with van der Waals surface area (Å²) in [6.45, 7) is 2.11. The van der Waals surface area contributed by atoms with Crippen LogP contribution in [0.3, 0.4) is 0 Å². The van der Waals surface area contributed by atoms with Crippen LogP contribution in [-0.2, 0) is 21.2 Å². The third-order valence-electron chi connectivity index (χ3n) is 2.94. The summed E-state index contributed by atoms with van der Waals surface area (Å²) >= 11 is 1.10. The molecule has 2 heterocycles. The lowest BCUT2D eigenvalue weighted by molar-refractivity contribution is -0.116. The van der Waals surface area contributed by atoms with Gasteiger partial charge in [-0.05, 0) is 19.1 Å². The molecule has 9 heteroatoms. The first kappa shape index (κ1) is 16.4. The predicted octanol–water partition coefficient (Wildman–Crippen LogP) is 1.05. The topological polar surface area (TPSA) is 98.1 Å². The molecule has 1 N–H and O–H groups in total. The molecule has 7 nitrogen and oxygen atoms in total. The minimum absolute atomic E-state index is 0.0500. The largest absolute Gasteiger partial charge is 0.325 e. The molecule has 0 aromatic carbocycles. The van der Waals surface area contributed by atoms with Gasteiger partial charge in [-0.2, -0.15) is 0 Å². The number of carbonyl (C=O) groups excluding carboxylic acids is 1. The van der Waals surface area contributed by atoms with Crippen LogP contribution < -0.4 is 10.2 Å². The molecule has 0 saturated carbocycles. The highest BCUT2D eigenvalue weighted by atomic mass is 32.2. The van der Waals surface area contributed by atoms with E-state index in [1.54, 1.807) is 5.38 Å². The lowest BCUT2D eigenvalue weighted by Gasteiger charge is -2.07. The first-order valence-corrected chi connectivity index (χ1v) is 9.15. The SMILES string of the molecule is Cc1csc(=O)n1CCC(=O)Nc1ccc(S(C)(=O)=O)nc1. The van der Waals surface area contributed by atoms with Gasteiger partial charge in [0.1, 0.15) is 0 Å². The Morgan fingerprint density at radius 1 is 1.41 bits per heavy atom. The number of rotatable bonds is 5. The number of anilines is 1. The summed E-state index contributed by atoms with van der Waals surface area (Å²) in [5, 5.41) is 4.31. The summed E-state index contributed by atoms with van der Waals surface area (Å²) in [6.07, 6.45) is 2.50. The number of aryl methyl sites for hydroxylation is 1. The Bertz CT molecular complexity index is 835. The van der Waals surface area contributed by atoms with Crippen LogP contribution >= 0.6 is 11.3 Å². The highest BCUT2D eigenvalue weighted by Crippen LogP contribution is 2.10. The van der Waals surface area contributed by atoms with Crippen molar-refractivity contribution in [3.8, 4) is 0 Å². The Hall–Kier alpha value is -2.00. The Labute approximate surface area is 131 Å². The monoisotopic (exact) mass is 341 g/mol. The van der Waals surface area contributed by atoms with E-state index in [0.717, 1.165) is 23.3 Å². The Kier molecular flexibility index (Phi) is 4.77. The molecule has 0 unspecified atom stereocenters. The van der Waals surface area contributed by atoms with Gasteiger partial charge >= 0.3 is 4.87 Å². The van der Waals surface area contributed by atoms with Gasteiger partial charge < -0.3 is 9.88 Å². The number of nitrogens with zero attached hydrogens (tertiary/aromatic N) is 2. The van der Waals surface area contributed by atoms with Crippen molar-refractivity contribution >= 4 is 32.8 Å². The summed E-state index contributed by atoms with van der Waals surface area (Å²) in [5.41, 5.74) is 1.23. The molecule has 0 fully saturated rings. The van der Waals surface area contributed by atoms with Gasteiger partial charge in [0.05, 0.1) is 11.9 Å². The molecular formula is C13H15N3O4S2. The highest BCUT2D eigenvalue weighted by Gasteiger charge is 2.10. The van der Waals surface area contributed by atoms with E-state index >= 15 is 0 Å². The summed E-state index contributed by atoms with van der Waals surface area (Å²) < 4.78 is 24.1. The minimum Gasteiger partial charge on any atom is -0.325 e. The molecule has 0 bridgehead atoms. The number of thiazole rings is 1. The molecule has 0 spiro atoms. The molecule has 2 aromatic heterocycles. The van der Waals surface area contributed by atoms with Gasteiger partial charge in [0.15, 0.2) is 14.9 Å². The highest BCUT2D eigenvalue weighted by molar-refractivity contribution is 7.90. The van der Waals surface area contributed by atoms with Crippen molar-refractivity contribution < 1.29 is 13.2 Å². The van der Waals surface area contributed by atoms with Gasteiger partial charge in [0.2, 0.25) is 5.91 Å². The number of pyridine rings is 1. The van der Waals surface area contributed by atoms with E-state index in [9.17, 15) is 18.0 Å². The zero-order chi connectivity index (χ0) is 16.3. The van der Waals surface area contributed by atoms with E-state index in [-0.39, 0.29) is 22.2 Å². The molecule has 1 amide bonds. The van der Waals surface area contributed by atoms with Crippen molar-refractivity contribution in [2.24, 2.45) is 0 Å². The molecule has 0 atom stereocenters. The van der Waals surface area contributed by atoms with Gasteiger partial charge in [0, 0.05) is 30.3 Å². The van der Waals surface area contributed by atoms with E-state index in [1.807, 2.05) is 6.92 Å². The quantitative estimate of drug-likeness (QED) is 0.876. The van der Waals surface area contributed by atoms with Crippen LogP contribution in [0.25, 0.3) is 0 Å². The van der Waals surface area contributed by atoms with E-state index in [0.29, 0.717) is 12.2 Å². The fourth-order valence-electron chi connectivity index (χ4n) is 1.78. The molecule has 0 radical (unpaired) electrons. The normalized spacial score (nSPS) is 11.4. The second-order valence-electron chi connectivity index (χ2n) is 4.75. The maximum Gasteiger partial charge on any atom is 0.307 e. The molecule has 0 aliphatic carbocycles. The smallest absolute Gasteiger partial charge is 0.307 e. The Morgan fingerprint density at radius 2 is 2.14 bits per heavy atom. The number of aromatic nitrogens is 2. The summed E-state index contributed by atoms with van der Waals surface area (Å²) in [6, 6.07) is 2.81. The van der Waals surface area contributed by atoms with Crippen LogP contribution in [0, 0.1) is 6.92 Å². The molecule has 0 aliphatic rings. The van der Waals surface area contributed by atoms with Gasteiger partial charge in [-0.15, -0.1) is 0 Å². The van der Waals surface area contributed by atoms with Crippen LogP contribution in [0.1, 0.15) is 12.1 Å². The average molecular weight is 341 g/mol. The van der Waals surface area contributed by atoms with E-state index < -0.39 is 9.84 Å². The fourth-order valence-corrected chi connectivity index (χ4v) is 3.11. The number of sulfone groups is 1. The van der Waals surface area contributed by atoms with Crippen LogP contribution in [0.15, 0.2) is 33.5 Å². The number of nitrogens with one attached hydrogen (secondary N) is 1. The third kappa shape index (κ3) is 4.01. The average Bonchev–Trinajstić information content (AvgIpc) is 2.75. The van der Waals surface area contributed by atoms with Gasteiger partial charge in [-0.25, -0.2) is 13.4 Å². The molecule has 22 heavy (non-hydrogen) atoms. The first-order valence-electron chi connectivity index (χ1n) is 6.38. The molecular weight excluding hydrogens is 326 g/mol. The fraction of sp³-hybridized carbons (Fsp3) is 0.308. The summed E-state index contributed by atoms with van der Waals surface area (Å²) in [4.78, 5) is 27.1. The van der Waals surface area contributed by atoms with Gasteiger partial charge in [-0.1, -0.05) is 11.3 Å². The van der Waals surface area contributed by atoms with Crippen molar-refractivity contribution in [3.05, 3.63) is 39.1 Å². The molecule has 0 saturated heterocycles. The predicted molar refractivity (Wildman–Crippen MR) is 83.9 cm³/mol. The summed E-state index contributed by atoms with van der Waals surface area (Å²) in [5.74, 6) is -0.272. The Morgan fingerprint density at radius 3 is 2.64 bits per heavy atom. The zero-order valence-corrected chi connectivity index (χ0v) is 13.7. The maximum absolute atomic E-state index is 11.8. The second kappa shape index (κ2) is 6.41. The van der Waals surface area contributed by atoms with Crippen LogP contribution in [-0.4, -0.2) is 30.1 Å². The minimum atomic E-state index is -3.36. The van der Waals surface area contributed by atoms with Gasteiger partial charge in [-0.3, -0.25) is 9.59 Å².